The topological polar surface area (TPSA) is 12.0 Å². The molecule has 1 N–H and O–H groups in total. The smallest absolute Gasteiger partial charge is 0.0133 e. The first-order chi connectivity index (χ1) is 4.79. The molecular weight excluding hydrogens is 122 g/mol. The lowest BCUT2D eigenvalue weighted by Crippen LogP contribution is -2.56. The van der Waals surface area contributed by atoms with Gasteiger partial charge < -0.3 is 5.32 Å². The highest BCUT2D eigenvalue weighted by Gasteiger charge is 2.42. The van der Waals surface area contributed by atoms with Gasteiger partial charge in [0, 0.05) is 6.04 Å². The van der Waals surface area contributed by atoms with Crippen LogP contribution in [0.15, 0.2) is 0 Å². The fourth-order valence-corrected chi connectivity index (χ4v) is 2.10. The third-order valence-electron chi connectivity index (χ3n) is 3.00. The third-order valence-corrected chi connectivity index (χ3v) is 3.00. The van der Waals surface area contributed by atoms with Crippen LogP contribution >= 0.6 is 0 Å². The van der Waals surface area contributed by atoms with E-state index in [1.54, 1.807) is 0 Å². The van der Waals surface area contributed by atoms with Crippen molar-refractivity contribution in [3.05, 3.63) is 0 Å². The summed E-state index contributed by atoms with van der Waals surface area (Å²) in [6.07, 6.45) is 3.02. The van der Waals surface area contributed by atoms with Gasteiger partial charge in [-0.15, -0.1) is 0 Å². The second-order valence-electron chi connectivity index (χ2n) is 4.18. The molecule has 2 unspecified atom stereocenters. The first kappa shape index (κ1) is 6.66. The Labute approximate surface area is 63.2 Å². The summed E-state index contributed by atoms with van der Waals surface area (Å²) in [4.78, 5) is 0. The van der Waals surface area contributed by atoms with Crippen LogP contribution in [0.25, 0.3) is 0 Å². The lowest BCUT2D eigenvalue weighted by molar-refractivity contribution is 0.156. The van der Waals surface area contributed by atoms with E-state index in [0.29, 0.717) is 0 Å². The average molecular weight is 139 g/mol. The van der Waals surface area contributed by atoms with Crippen LogP contribution in [0.5, 0.6) is 0 Å². The summed E-state index contributed by atoms with van der Waals surface area (Å²) in [6.45, 7) is 5.95. The highest BCUT2D eigenvalue weighted by Crippen LogP contribution is 2.42. The lowest BCUT2D eigenvalue weighted by Gasteiger charge is -2.41. The number of hydrogen-bond donors (Lipinski definition) is 1. The molecule has 0 aromatic carbocycles. The maximum Gasteiger partial charge on any atom is 0.0133 e. The average Bonchev–Trinajstić information content (AvgIpc) is 2.43. The minimum Gasteiger partial charge on any atom is -0.313 e. The predicted molar refractivity (Wildman–Crippen MR) is 42.8 cm³/mol. The van der Waals surface area contributed by atoms with Gasteiger partial charge in [0.25, 0.3) is 0 Å². The normalized spacial score (nSPS) is 39.9. The Balaban J connectivity index is 1.86. The zero-order valence-corrected chi connectivity index (χ0v) is 6.93. The largest absolute Gasteiger partial charge is 0.313 e. The van der Waals surface area contributed by atoms with Gasteiger partial charge in [0.1, 0.15) is 0 Å². The molecule has 0 bridgehead atoms. The van der Waals surface area contributed by atoms with E-state index in [1.165, 1.54) is 19.4 Å². The molecule has 1 aliphatic heterocycles. The maximum atomic E-state index is 3.52. The minimum atomic E-state index is 0.847. The van der Waals surface area contributed by atoms with Gasteiger partial charge in [-0.25, -0.2) is 0 Å². The summed E-state index contributed by atoms with van der Waals surface area (Å²) < 4.78 is 0. The van der Waals surface area contributed by atoms with Crippen molar-refractivity contribution in [2.75, 3.05) is 6.54 Å². The first-order valence-electron chi connectivity index (χ1n) is 4.52. The van der Waals surface area contributed by atoms with Crippen molar-refractivity contribution in [2.45, 2.75) is 32.7 Å². The standard InChI is InChI=1S/C9H17N/c1-6(2)9-8(5-10-9)7-3-4-7/h6-10H,3-5H2,1-2H3. The van der Waals surface area contributed by atoms with E-state index >= 15 is 0 Å². The molecule has 0 spiro atoms. The predicted octanol–water partition coefficient (Wildman–Crippen LogP) is 1.64. The summed E-state index contributed by atoms with van der Waals surface area (Å²) in [5.74, 6) is 2.99. The van der Waals surface area contributed by atoms with Crippen LogP contribution < -0.4 is 5.32 Å². The van der Waals surface area contributed by atoms with Crippen LogP contribution in [0.3, 0.4) is 0 Å². The van der Waals surface area contributed by atoms with E-state index in [9.17, 15) is 0 Å². The molecule has 0 aromatic rings. The zero-order valence-electron chi connectivity index (χ0n) is 6.93. The highest BCUT2D eigenvalue weighted by atomic mass is 15.0. The van der Waals surface area contributed by atoms with Crippen molar-refractivity contribution in [1.82, 2.24) is 5.32 Å². The Hall–Kier alpha value is -0.0400. The van der Waals surface area contributed by atoms with E-state index in [2.05, 4.69) is 19.2 Å². The summed E-state index contributed by atoms with van der Waals surface area (Å²) in [5, 5.41) is 3.52. The van der Waals surface area contributed by atoms with Gasteiger partial charge in [-0.05, 0) is 37.1 Å². The number of rotatable bonds is 2. The number of hydrogen-bond acceptors (Lipinski definition) is 1. The Morgan fingerprint density at radius 1 is 1.30 bits per heavy atom. The molecule has 1 heterocycles. The fourth-order valence-electron chi connectivity index (χ4n) is 2.10. The van der Waals surface area contributed by atoms with Crippen LogP contribution in [0, 0.1) is 17.8 Å². The molecule has 0 aromatic heterocycles. The molecule has 10 heavy (non-hydrogen) atoms. The molecule has 2 fully saturated rings. The van der Waals surface area contributed by atoms with Crippen LogP contribution in [-0.2, 0) is 0 Å². The molecule has 0 amide bonds. The molecule has 1 nitrogen and oxygen atoms in total. The van der Waals surface area contributed by atoms with Crippen molar-refractivity contribution in [3.63, 3.8) is 0 Å². The maximum absolute atomic E-state index is 3.52. The van der Waals surface area contributed by atoms with E-state index < -0.39 is 0 Å². The molecule has 2 atom stereocenters. The van der Waals surface area contributed by atoms with Crippen LogP contribution in [0.4, 0.5) is 0 Å². The van der Waals surface area contributed by atoms with Gasteiger partial charge in [0.15, 0.2) is 0 Å². The monoisotopic (exact) mass is 139 g/mol. The molecule has 58 valence electrons. The quantitative estimate of drug-likeness (QED) is 0.613. The molecule has 1 aliphatic carbocycles. The Morgan fingerprint density at radius 3 is 2.30 bits per heavy atom. The van der Waals surface area contributed by atoms with Crippen LogP contribution in [0.1, 0.15) is 26.7 Å². The molecule has 1 saturated carbocycles. The molecule has 0 radical (unpaired) electrons. The molecular formula is C9H17N. The van der Waals surface area contributed by atoms with Crippen molar-refractivity contribution in [1.29, 1.82) is 0 Å². The van der Waals surface area contributed by atoms with Crippen molar-refractivity contribution < 1.29 is 0 Å². The van der Waals surface area contributed by atoms with Crippen molar-refractivity contribution in [2.24, 2.45) is 17.8 Å². The Kier molecular flexibility index (Phi) is 1.48. The zero-order chi connectivity index (χ0) is 7.14. The first-order valence-corrected chi connectivity index (χ1v) is 4.52. The molecule has 2 rings (SSSR count). The van der Waals surface area contributed by atoms with Gasteiger partial charge in [-0.2, -0.15) is 0 Å². The fraction of sp³-hybridized carbons (Fsp3) is 1.00. The molecule has 2 aliphatic rings. The van der Waals surface area contributed by atoms with Crippen molar-refractivity contribution >= 4 is 0 Å². The van der Waals surface area contributed by atoms with E-state index in [1.807, 2.05) is 0 Å². The summed E-state index contributed by atoms with van der Waals surface area (Å²) in [5.41, 5.74) is 0. The SMILES string of the molecule is CC(C)C1NCC1C1CC1. The van der Waals surface area contributed by atoms with E-state index in [0.717, 1.165) is 23.8 Å². The Bertz CT molecular complexity index is 119. The van der Waals surface area contributed by atoms with E-state index in [4.69, 9.17) is 0 Å². The van der Waals surface area contributed by atoms with Gasteiger partial charge in [0.05, 0.1) is 0 Å². The van der Waals surface area contributed by atoms with Gasteiger partial charge in [-0.3, -0.25) is 0 Å². The van der Waals surface area contributed by atoms with Gasteiger partial charge >= 0.3 is 0 Å². The second-order valence-corrected chi connectivity index (χ2v) is 4.18. The molecule has 1 saturated heterocycles. The number of nitrogens with one attached hydrogen (secondary N) is 1. The Morgan fingerprint density at radius 2 is 2.00 bits per heavy atom. The summed E-state index contributed by atoms with van der Waals surface area (Å²) in [6, 6.07) is 0.854. The summed E-state index contributed by atoms with van der Waals surface area (Å²) in [7, 11) is 0. The highest BCUT2D eigenvalue weighted by molar-refractivity contribution is 4.98. The minimum absolute atomic E-state index is 0.847. The van der Waals surface area contributed by atoms with Crippen LogP contribution in [-0.4, -0.2) is 12.6 Å². The van der Waals surface area contributed by atoms with Gasteiger partial charge in [-0.1, -0.05) is 13.8 Å². The van der Waals surface area contributed by atoms with Crippen molar-refractivity contribution in [3.8, 4) is 0 Å². The second kappa shape index (κ2) is 2.23. The lowest BCUT2D eigenvalue weighted by atomic mass is 9.80. The van der Waals surface area contributed by atoms with E-state index in [-0.39, 0.29) is 0 Å². The molecule has 1 heteroatoms. The third kappa shape index (κ3) is 0.968. The van der Waals surface area contributed by atoms with Gasteiger partial charge in [0.2, 0.25) is 0 Å². The van der Waals surface area contributed by atoms with Crippen LogP contribution in [0.2, 0.25) is 0 Å². The summed E-state index contributed by atoms with van der Waals surface area (Å²) >= 11 is 0.